The zero-order valence-electron chi connectivity index (χ0n) is 9.35. The van der Waals surface area contributed by atoms with Crippen LogP contribution in [0.1, 0.15) is 12.8 Å². The molecule has 16 heavy (non-hydrogen) atoms. The number of aliphatic hydroxyl groups is 1. The Bertz CT molecular complexity index is 341. The van der Waals surface area contributed by atoms with E-state index in [1.165, 1.54) is 4.31 Å². The van der Waals surface area contributed by atoms with Gasteiger partial charge < -0.3 is 10.4 Å². The smallest absolute Gasteiger partial charge is 0.224 e. The average Bonchev–Trinajstić information content (AvgIpc) is 2.25. The second-order valence-corrected chi connectivity index (χ2v) is 5.96. The van der Waals surface area contributed by atoms with E-state index in [1.807, 2.05) is 0 Å². The molecule has 1 rings (SSSR count). The molecule has 1 amide bonds. The van der Waals surface area contributed by atoms with Gasteiger partial charge in [-0.3, -0.25) is 4.79 Å². The summed E-state index contributed by atoms with van der Waals surface area (Å²) in [6, 6.07) is 0. The lowest BCUT2D eigenvalue weighted by molar-refractivity contribution is -0.126. The predicted octanol–water partition coefficient (Wildman–Crippen LogP) is -1.23. The van der Waals surface area contributed by atoms with Crippen LogP contribution in [0.5, 0.6) is 0 Å². The highest BCUT2D eigenvalue weighted by molar-refractivity contribution is 7.88. The first-order chi connectivity index (χ1) is 7.45. The van der Waals surface area contributed by atoms with Crippen molar-refractivity contribution in [2.45, 2.75) is 12.8 Å². The number of amides is 1. The van der Waals surface area contributed by atoms with Crippen molar-refractivity contribution in [3.8, 4) is 0 Å². The summed E-state index contributed by atoms with van der Waals surface area (Å²) in [5.74, 6) is -0.475. The van der Waals surface area contributed by atoms with Gasteiger partial charge in [-0.2, -0.15) is 0 Å². The molecule has 1 atom stereocenters. The Morgan fingerprint density at radius 2 is 2.25 bits per heavy atom. The molecule has 1 aliphatic heterocycles. The number of rotatable bonds is 4. The van der Waals surface area contributed by atoms with Gasteiger partial charge in [0, 0.05) is 19.6 Å². The van der Waals surface area contributed by atoms with Crippen LogP contribution in [0.4, 0.5) is 0 Å². The van der Waals surface area contributed by atoms with Crippen LogP contribution < -0.4 is 5.32 Å². The summed E-state index contributed by atoms with van der Waals surface area (Å²) in [5.41, 5.74) is 0. The molecule has 94 valence electrons. The summed E-state index contributed by atoms with van der Waals surface area (Å²) >= 11 is 0. The lowest BCUT2D eigenvalue weighted by Crippen LogP contribution is -2.45. The summed E-state index contributed by atoms with van der Waals surface area (Å²) in [4.78, 5) is 11.6. The van der Waals surface area contributed by atoms with Gasteiger partial charge in [-0.15, -0.1) is 0 Å². The van der Waals surface area contributed by atoms with Gasteiger partial charge in [0.25, 0.3) is 0 Å². The number of carbonyl (C=O) groups excluding carboxylic acids is 1. The highest BCUT2D eigenvalue weighted by Crippen LogP contribution is 2.18. The minimum atomic E-state index is -3.21. The fourth-order valence-electron chi connectivity index (χ4n) is 1.78. The molecule has 1 saturated heterocycles. The normalized spacial score (nSPS) is 23.0. The minimum absolute atomic E-state index is 0.103. The van der Waals surface area contributed by atoms with Gasteiger partial charge in [0.15, 0.2) is 0 Å². The van der Waals surface area contributed by atoms with Crippen molar-refractivity contribution in [1.82, 2.24) is 9.62 Å². The van der Waals surface area contributed by atoms with Crippen molar-refractivity contribution in [1.29, 1.82) is 0 Å². The third-order valence-corrected chi connectivity index (χ3v) is 3.90. The Kier molecular flexibility index (Phi) is 4.69. The molecule has 0 bridgehead atoms. The van der Waals surface area contributed by atoms with Gasteiger partial charge >= 0.3 is 0 Å². The van der Waals surface area contributed by atoms with Crippen LogP contribution in [0.15, 0.2) is 0 Å². The molecule has 7 heteroatoms. The maximum atomic E-state index is 11.6. The van der Waals surface area contributed by atoms with Crippen LogP contribution in [-0.4, -0.2) is 56.2 Å². The van der Waals surface area contributed by atoms with Gasteiger partial charge in [-0.1, -0.05) is 0 Å². The minimum Gasteiger partial charge on any atom is -0.395 e. The van der Waals surface area contributed by atoms with Crippen molar-refractivity contribution in [2.75, 3.05) is 32.5 Å². The number of hydrogen-bond donors (Lipinski definition) is 2. The van der Waals surface area contributed by atoms with Crippen LogP contribution in [-0.2, 0) is 14.8 Å². The van der Waals surface area contributed by atoms with E-state index in [2.05, 4.69) is 5.32 Å². The molecule has 0 aromatic heterocycles. The zero-order chi connectivity index (χ0) is 12.2. The first kappa shape index (κ1) is 13.4. The quantitative estimate of drug-likeness (QED) is 0.654. The topological polar surface area (TPSA) is 86.7 Å². The number of carbonyl (C=O) groups is 1. The summed E-state index contributed by atoms with van der Waals surface area (Å²) < 4.78 is 24.0. The highest BCUT2D eigenvalue weighted by Gasteiger charge is 2.29. The second-order valence-electron chi connectivity index (χ2n) is 3.97. The molecule has 0 aliphatic carbocycles. The van der Waals surface area contributed by atoms with E-state index >= 15 is 0 Å². The van der Waals surface area contributed by atoms with E-state index in [-0.39, 0.29) is 31.5 Å². The zero-order valence-corrected chi connectivity index (χ0v) is 10.2. The molecule has 0 spiro atoms. The molecule has 0 aromatic rings. The van der Waals surface area contributed by atoms with Gasteiger partial charge in [-0.25, -0.2) is 12.7 Å². The van der Waals surface area contributed by atoms with E-state index < -0.39 is 10.0 Å². The summed E-state index contributed by atoms with van der Waals surface area (Å²) in [5, 5.41) is 11.1. The van der Waals surface area contributed by atoms with Gasteiger partial charge in [0.05, 0.1) is 18.8 Å². The summed E-state index contributed by atoms with van der Waals surface area (Å²) in [7, 11) is -3.21. The molecular formula is C9H18N2O4S. The molecule has 1 aliphatic rings. The molecule has 1 fully saturated rings. The Morgan fingerprint density at radius 3 is 2.81 bits per heavy atom. The molecule has 0 saturated carbocycles. The monoisotopic (exact) mass is 250 g/mol. The molecular weight excluding hydrogens is 232 g/mol. The SMILES string of the molecule is CS(=O)(=O)N1CCC[C@@H](C(=O)NCCO)C1. The third kappa shape index (κ3) is 3.73. The van der Waals surface area contributed by atoms with Gasteiger partial charge in [0.2, 0.25) is 15.9 Å². The number of nitrogens with zero attached hydrogens (tertiary/aromatic N) is 1. The molecule has 0 unspecified atom stereocenters. The Labute approximate surface area is 95.7 Å². The van der Waals surface area contributed by atoms with Crippen molar-refractivity contribution in [3.05, 3.63) is 0 Å². The first-order valence-electron chi connectivity index (χ1n) is 5.29. The van der Waals surface area contributed by atoms with Crippen LogP contribution in [0, 0.1) is 5.92 Å². The van der Waals surface area contributed by atoms with E-state index in [0.717, 1.165) is 6.26 Å². The first-order valence-corrected chi connectivity index (χ1v) is 7.13. The van der Waals surface area contributed by atoms with Crippen molar-refractivity contribution >= 4 is 15.9 Å². The Morgan fingerprint density at radius 1 is 1.56 bits per heavy atom. The Balaban J connectivity index is 2.54. The molecule has 1 heterocycles. The largest absolute Gasteiger partial charge is 0.395 e. The van der Waals surface area contributed by atoms with Crippen molar-refractivity contribution in [2.24, 2.45) is 5.92 Å². The fourth-order valence-corrected chi connectivity index (χ4v) is 2.69. The third-order valence-electron chi connectivity index (χ3n) is 2.63. The molecule has 0 aromatic carbocycles. The lowest BCUT2D eigenvalue weighted by atomic mass is 9.99. The molecule has 6 nitrogen and oxygen atoms in total. The Hall–Kier alpha value is -0.660. The summed E-state index contributed by atoms with van der Waals surface area (Å²) in [6.45, 7) is 0.848. The van der Waals surface area contributed by atoms with E-state index in [1.54, 1.807) is 0 Å². The van der Waals surface area contributed by atoms with E-state index in [4.69, 9.17) is 5.11 Å². The number of sulfonamides is 1. The molecule has 0 radical (unpaired) electrons. The number of aliphatic hydroxyl groups excluding tert-OH is 1. The number of nitrogens with one attached hydrogen (secondary N) is 1. The van der Waals surface area contributed by atoms with Crippen molar-refractivity contribution in [3.63, 3.8) is 0 Å². The maximum Gasteiger partial charge on any atom is 0.224 e. The standard InChI is InChI=1S/C9H18N2O4S/c1-16(14,15)11-5-2-3-8(7-11)9(13)10-4-6-12/h8,12H,2-7H2,1H3,(H,10,13)/t8-/m1/s1. The number of hydrogen-bond acceptors (Lipinski definition) is 4. The van der Waals surface area contributed by atoms with Gasteiger partial charge in [-0.05, 0) is 12.8 Å². The highest BCUT2D eigenvalue weighted by atomic mass is 32.2. The predicted molar refractivity (Wildman–Crippen MR) is 59.2 cm³/mol. The van der Waals surface area contributed by atoms with Gasteiger partial charge in [0.1, 0.15) is 0 Å². The maximum absolute atomic E-state index is 11.6. The van der Waals surface area contributed by atoms with Crippen LogP contribution >= 0.6 is 0 Å². The van der Waals surface area contributed by atoms with E-state index in [9.17, 15) is 13.2 Å². The lowest BCUT2D eigenvalue weighted by Gasteiger charge is -2.30. The average molecular weight is 250 g/mol. The van der Waals surface area contributed by atoms with Crippen molar-refractivity contribution < 1.29 is 18.3 Å². The van der Waals surface area contributed by atoms with Crippen LogP contribution in [0.25, 0.3) is 0 Å². The van der Waals surface area contributed by atoms with Crippen LogP contribution in [0.3, 0.4) is 0 Å². The number of piperidine rings is 1. The second kappa shape index (κ2) is 5.60. The fraction of sp³-hybridized carbons (Fsp3) is 0.889. The summed E-state index contributed by atoms with van der Waals surface area (Å²) in [6.07, 6.45) is 2.55. The molecule has 2 N–H and O–H groups in total. The van der Waals surface area contributed by atoms with Crippen LogP contribution in [0.2, 0.25) is 0 Å². The van der Waals surface area contributed by atoms with E-state index in [0.29, 0.717) is 19.4 Å².